The maximum atomic E-state index is 11.4. The molecule has 0 aromatic carbocycles. The van der Waals surface area contributed by atoms with Crippen LogP contribution in [0.15, 0.2) is 17.2 Å². The van der Waals surface area contributed by atoms with E-state index in [1.165, 1.54) is 0 Å². The average molecular weight is 222 g/mol. The van der Waals surface area contributed by atoms with Crippen LogP contribution in [0.2, 0.25) is 0 Å². The first-order valence-corrected chi connectivity index (χ1v) is 5.45. The lowest BCUT2D eigenvalue weighted by atomic mass is 10.3. The number of nitrogen functional groups attached to an aromatic ring is 1. The molecule has 0 aliphatic carbocycles. The number of imidazole rings is 1. The van der Waals surface area contributed by atoms with Crippen molar-refractivity contribution in [2.24, 2.45) is 0 Å². The highest BCUT2D eigenvalue weighted by Crippen LogP contribution is 2.15. The van der Waals surface area contributed by atoms with E-state index < -0.39 is 0 Å². The Labute approximate surface area is 94.3 Å². The van der Waals surface area contributed by atoms with Crippen LogP contribution in [0.5, 0.6) is 0 Å². The predicted molar refractivity (Wildman–Crippen MR) is 66.5 cm³/mol. The first-order chi connectivity index (χ1) is 7.59. The number of rotatable bonds is 1. The third-order valence-corrected chi connectivity index (χ3v) is 2.15. The van der Waals surface area contributed by atoms with E-state index in [9.17, 15) is 4.79 Å². The van der Waals surface area contributed by atoms with Crippen molar-refractivity contribution in [1.29, 1.82) is 0 Å². The third-order valence-electron chi connectivity index (χ3n) is 2.15. The van der Waals surface area contributed by atoms with Gasteiger partial charge in [0.2, 0.25) is 0 Å². The zero-order valence-corrected chi connectivity index (χ0v) is 10.1. The summed E-state index contributed by atoms with van der Waals surface area (Å²) in [7, 11) is 0. The van der Waals surface area contributed by atoms with Crippen LogP contribution in [0.4, 0.5) is 5.82 Å². The smallest absolute Gasteiger partial charge is 0.277 e. The van der Waals surface area contributed by atoms with E-state index in [0.717, 1.165) is 5.52 Å². The second kappa shape index (κ2) is 4.83. The molecule has 2 heterocycles. The molecule has 0 radical (unpaired) electrons. The Hall–Kier alpha value is -1.78. The summed E-state index contributed by atoms with van der Waals surface area (Å²) in [4.78, 5) is 18.0. The maximum Gasteiger partial charge on any atom is 0.277 e. The van der Waals surface area contributed by atoms with Gasteiger partial charge in [-0.05, 0) is 13.8 Å². The van der Waals surface area contributed by atoms with Crippen molar-refractivity contribution < 1.29 is 0 Å². The van der Waals surface area contributed by atoms with Gasteiger partial charge in [0.05, 0.1) is 11.8 Å². The van der Waals surface area contributed by atoms with Gasteiger partial charge in [0.25, 0.3) is 5.56 Å². The van der Waals surface area contributed by atoms with E-state index in [1.54, 1.807) is 12.4 Å². The van der Waals surface area contributed by atoms with Gasteiger partial charge in [-0.15, -0.1) is 0 Å². The molecule has 0 saturated carbocycles. The number of anilines is 1. The topological polar surface area (TPSA) is 76.7 Å². The molecule has 0 saturated heterocycles. The Morgan fingerprint density at radius 1 is 1.44 bits per heavy atom. The lowest BCUT2D eigenvalue weighted by Crippen LogP contribution is -2.10. The van der Waals surface area contributed by atoms with Crippen molar-refractivity contribution >= 4 is 16.9 Å². The number of aromatic nitrogens is 3. The van der Waals surface area contributed by atoms with Crippen molar-refractivity contribution in [2.75, 3.05) is 5.73 Å². The number of nitrogens with zero attached hydrogens (tertiary/aromatic N) is 2. The minimum atomic E-state index is -0.237. The second-order valence-electron chi connectivity index (χ2n) is 3.53. The highest BCUT2D eigenvalue weighted by atomic mass is 16.1. The monoisotopic (exact) mass is 222 g/mol. The van der Waals surface area contributed by atoms with Gasteiger partial charge in [-0.2, -0.15) is 0 Å². The molecule has 2 rings (SSSR count). The van der Waals surface area contributed by atoms with Crippen LogP contribution in [0, 0.1) is 0 Å². The molecule has 16 heavy (non-hydrogen) atoms. The van der Waals surface area contributed by atoms with Crippen molar-refractivity contribution in [2.45, 2.75) is 33.7 Å². The fraction of sp³-hybridized carbons (Fsp3) is 0.455. The first-order valence-electron chi connectivity index (χ1n) is 5.45. The molecule has 2 aromatic rings. The Balaban J connectivity index is 0.000000606. The highest BCUT2D eigenvalue weighted by Gasteiger charge is 2.08. The minimum Gasteiger partial charge on any atom is -0.385 e. The van der Waals surface area contributed by atoms with E-state index >= 15 is 0 Å². The van der Waals surface area contributed by atoms with E-state index in [-0.39, 0.29) is 11.6 Å². The van der Waals surface area contributed by atoms with Crippen LogP contribution in [0.25, 0.3) is 11.0 Å². The molecule has 88 valence electrons. The average Bonchev–Trinajstić information content (AvgIpc) is 2.64. The number of fused-ring (bicyclic) bond motifs is 1. The Morgan fingerprint density at radius 3 is 2.62 bits per heavy atom. The lowest BCUT2D eigenvalue weighted by Gasteiger charge is -2.07. The van der Waals surface area contributed by atoms with Gasteiger partial charge in [-0.25, -0.2) is 4.98 Å². The van der Waals surface area contributed by atoms with Gasteiger partial charge < -0.3 is 15.3 Å². The molecule has 0 unspecified atom stereocenters. The second-order valence-corrected chi connectivity index (χ2v) is 3.53. The highest BCUT2D eigenvalue weighted by molar-refractivity contribution is 5.76. The normalized spacial score (nSPS) is 10.3. The van der Waals surface area contributed by atoms with Crippen LogP contribution in [0.1, 0.15) is 33.7 Å². The molecule has 0 spiro atoms. The SMILES string of the molecule is CC.CC(C)n1cnc2c(=O)[nH]c(N)cc21. The number of aromatic amines is 1. The summed E-state index contributed by atoms with van der Waals surface area (Å²) in [5, 5.41) is 0. The first kappa shape index (κ1) is 12.3. The molecule has 0 fully saturated rings. The minimum absolute atomic E-state index is 0.237. The quantitative estimate of drug-likeness (QED) is 0.773. The van der Waals surface area contributed by atoms with Gasteiger partial charge in [0.1, 0.15) is 5.82 Å². The molecule has 3 N–H and O–H groups in total. The number of nitrogens with one attached hydrogen (secondary N) is 1. The van der Waals surface area contributed by atoms with Gasteiger partial charge in [-0.1, -0.05) is 13.8 Å². The van der Waals surface area contributed by atoms with Gasteiger partial charge in [0.15, 0.2) is 5.52 Å². The van der Waals surface area contributed by atoms with Crippen LogP contribution >= 0.6 is 0 Å². The largest absolute Gasteiger partial charge is 0.385 e. The van der Waals surface area contributed by atoms with E-state index in [2.05, 4.69) is 9.97 Å². The molecule has 0 amide bonds. The number of hydrogen-bond acceptors (Lipinski definition) is 3. The molecule has 5 heteroatoms. The summed E-state index contributed by atoms with van der Waals surface area (Å²) < 4.78 is 1.92. The van der Waals surface area contributed by atoms with E-state index in [4.69, 9.17) is 5.73 Å². The van der Waals surface area contributed by atoms with E-state index in [1.807, 2.05) is 32.3 Å². The molecule has 5 nitrogen and oxygen atoms in total. The number of hydrogen-bond donors (Lipinski definition) is 2. The maximum absolute atomic E-state index is 11.4. The van der Waals surface area contributed by atoms with Gasteiger partial charge in [-0.3, -0.25) is 4.79 Å². The van der Waals surface area contributed by atoms with Crippen molar-refractivity contribution in [1.82, 2.24) is 14.5 Å². The van der Waals surface area contributed by atoms with Crippen LogP contribution in [-0.2, 0) is 0 Å². The summed E-state index contributed by atoms with van der Waals surface area (Å²) in [6, 6.07) is 1.99. The Bertz CT molecular complexity index is 524. The van der Waals surface area contributed by atoms with Crippen LogP contribution in [-0.4, -0.2) is 14.5 Å². The van der Waals surface area contributed by atoms with Crippen molar-refractivity contribution in [3.8, 4) is 0 Å². The molecule has 0 aliphatic rings. The molecule has 0 bridgehead atoms. The van der Waals surface area contributed by atoms with Crippen LogP contribution in [0.3, 0.4) is 0 Å². The summed E-state index contributed by atoms with van der Waals surface area (Å²) >= 11 is 0. The zero-order chi connectivity index (χ0) is 12.3. The predicted octanol–water partition coefficient (Wildman–Crippen LogP) is 1.91. The van der Waals surface area contributed by atoms with Gasteiger partial charge in [0, 0.05) is 12.1 Å². The molecule has 0 aliphatic heterocycles. The fourth-order valence-electron chi connectivity index (χ4n) is 1.47. The standard InChI is InChI=1S/C9H12N4O.C2H6/c1-5(2)13-4-11-8-6(13)3-7(10)12-9(8)14;1-2/h3-5H,1-2H3,(H3,10,12,14);1-2H3. The summed E-state index contributed by atoms with van der Waals surface area (Å²) in [5.41, 5.74) is 6.54. The summed E-state index contributed by atoms with van der Waals surface area (Å²) in [5.74, 6) is 0.366. The zero-order valence-electron chi connectivity index (χ0n) is 10.1. The molecular weight excluding hydrogens is 204 g/mol. The molecule has 2 aromatic heterocycles. The van der Waals surface area contributed by atoms with E-state index in [0.29, 0.717) is 11.3 Å². The molecule has 0 atom stereocenters. The Morgan fingerprint density at radius 2 is 2.06 bits per heavy atom. The third kappa shape index (κ3) is 2.08. The number of nitrogens with two attached hydrogens (primary N) is 1. The van der Waals surface area contributed by atoms with Crippen LogP contribution < -0.4 is 11.3 Å². The summed E-state index contributed by atoms with van der Waals surface area (Å²) in [6.45, 7) is 8.05. The number of pyridine rings is 1. The van der Waals surface area contributed by atoms with Crippen molar-refractivity contribution in [3.63, 3.8) is 0 Å². The van der Waals surface area contributed by atoms with Gasteiger partial charge >= 0.3 is 0 Å². The lowest BCUT2D eigenvalue weighted by molar-refractivity contribution is 0.617. The fourth-order valence-corrected chi connectivity index (χ4v) is 1.47. The van der Waals surface area contributed by atoms with Crippen molar-refractivity contribution in [3.05, 3.63) is 22.7 Å². The Kier molecular flexibility index (Phi) is 3.71. The summed E-state index contributed by atoms with van der Waals surface area (Å²) in [6.07, 6.45) is 1.66. The molecular formula is C11H18N4O. The number of H-pyrrole nitrogens is 1.